The lowest BCUT2D eigenvalue weighted by Gasteiger charge is -2.16. The number of β-amino-alcohol motifs (C(OH)–C–C–N with tert-alkyl or cyclic N) is 1. The number of carboxylic acid groups (broad SMARTS) is 1. The van der Waals surface area contributed by atoms with Gasteiger partial charge in [-0.2, -0.15) is 0 Å². The summed E-state index contributed by atoms with van der Waals surface area (Å²) in [4.78, 5) is 23.0. The Hall–Kier alpha value is -2.89. The molecule has 1 aromatic carbocycles. The zero-order chi connectivity index (χ0) is 23.0. The molecule has 2 heterocycles. The molecule has 1 amide bonds. The zero-order valence-electron chi connectivity index (χ0n) is 18.1. The van der Waals surface area contributed by atoms with Crippen LogP contribution in [-0.2, 0) is 20.9 Å². The lowest BCUT2D eigenvalue weighted by atomic mass is 9.95. The molecule has 1 spiro atoms. The number of hydrogen-bond acceptors (Lipinski definition) is 8. The number of hydrogen-bond donors (Lipinski definition) is 3. The number of tetrazole rings is 1. The third kappa shape index (κ3) is 5.29. The minimum absolute atomic E-state index is 0.0295. The van der Waals surface area contributed by atoms with E-state index < -0.39 is 6.10 Å². The molecule has 1 saturated carbocycles. The summed E-state index contributed by atoms with van der Waals surface area (Å²) in [6.45, 7) is 3.69. The van der Waals surface area contributed by atoms with Crippen molar-refractivity contribution in [2.24, 2.45) is 11.3 Å². The van der Waals surface area contributed by atoms with E-state index in [0.29, 0.717) is 32.7 Å². The Balaban J connectivity index is 0.000000913. The normalized spacial score (nSPS) is 26.4. The van der Waals surface area contributed by atoms with Crippen molar-refractivity contribution in [2.75, 3.05) is 39.9 Å². The molecule has 1 aliphatic carbocycles. The van der Waals surface area contributed by atoms with Gasteiger partial charge in [-0.15, -0.1) is 5.10 Å². The summed E-state index contributed by atoms with van der Waals surface area (Å²) in [5.74, 6) is 0.425. The number of carbonyl (C=O) groups excluding carboxylic acids is 1. The number of benzene rings is 1. The monoisotopic (exact) mass is 446 g/mol. The molecule has 32 heavy (non-hydrogen) atoms. The average molecular weight is 447 g/mol. The van der Waals surface area contributed by atoms with Crippen LogP contribution in [0.2, 0.25) is 0 Å². The number of amides is 1. The van der Waals surface area contributed by atoms with Gasteiger partial charge in [0, 0.05) is 45.1 Å². The van der Waals surface area contributed by atoms with E-state index in [0.717, 1.165) is 13.1 Å². The second-order valence-corrected chi connectivity index (χ2v) is 8.08. The Morgan fingerprint density at radius 2 is 2.09 bits per heavy atom. The Morgan fingerprint density at radius 1 is 1.34 bits per heavy atom. The fraction of sp³-hybridized carbons (Fsp3) is 0.571. The highest BCUT2D eigenvalue weighted by Gasteiger charge is 2.70. The van der Waals surface area contributed by atoms with Crippen molar-refractivity contribution in [2.45, 2.75) is 25.0 Å². The Labute approximate surface area is 186 Å². The number of likely N-dealkylation sites (tertiary alicyclic amines) is 1. The molecule has 4 atom stereocenters. The summed E-state index contributed by atoms with van der Waals surface area (Å²) in [5, 5.41) is 31.8. The van der Waals surface area contributed by atoms with E-state index in [9.17, 15) is 9.90 Å². The van der Waals surface area contributed by atoms with E-state index in [4.69, 9.17) is 14.6 Å². The Kier molecular flexibility index (Phi) is 8.26. The summed E-state index contributed by atoms with van der Waals surface area (Å²) < 4.78 is 6.75. The lowest BCUT2D eigenvalue weighted by Crippen LogP contribution is -2.30. The minimum Gasteiger partial charge on any atom is -0.483 e. The zero-order valence-corrected chi connectivity index (χ0v) is 18.1. The number of aromatic nitrogens is 4. The number of carbonyl (C=O) groups is 2. The van der Waals surface area contributed by atoms with Crippen LogP contribution in [0.3, 0.4) is 0 Å². The molecule has 1 aliphatic heterocycles. The standard InChI is InChI=1S/C20H28N6O3.CH2O2/c1-29-10-9-25-12-17(27)20(13-25)16(19(20)15-5-3-2-4-6-15)11-21-18(28)7-8-26-14-22-23-24-26;2-1-3/h2-6,14,16-17,19,27H,7-13H2,1H3,(H,21,28);1H,(H,2,3)/t16-,17-,19-,20-;/m1./s1. The molecule has 4 rings (SSSR count). The van der Waals surface area contributed by atoms with Crippen LogP contribution >= 0.6 is 0 Å². The number of rotatable bonds is 9. The van der Waals surface area contributed by atoms with Crippen LogP contribution in [0, 0.1) is 11.3 Å². The molecule has 0 radical (unpaired) electrons. The molecule has 174 valence electrons. The van der Waals surface area contributed by atoms with Gasteiger partial charge in [0.2, 0.25) is 5.91 Å². The summed E-state index contributed by atoms with van der Waals surface area (Å²) in [5.41, 5.74) is 1.02. The van der Waals surface area contributed by atoms with Gasteiger partial charge in [0.25, 0.3) is 6.47 Å². The van der Waals surface area contributed by atoms with Gasteiger partial charge in [0.1, 0.15) is 6.33 Å². The van der Waals surface area contributed by atoms with Crippen LogP contribution in [0.15, 0.2) is 36.7 Å². The van der Waals surface area contributed by atoms with Gasteiger partial charge in [-0.25, -0.2) is 4.68 Å². The predicted octanol–water partition coefficient (Wildman–Crippen LogP) is -0.397. The van der Waals surface area contributed by atoms with Gasteiger partial charge >= 0.3 is 0 Å². The van der Waals surface area contributed by atoms with Crippen molar-refractivity contribution in [3.8, 4) is 0 Å². The first-order valence-corrected chi connectivity index (χ1v) is 10.6. The molecule has 3 N–H and O–H groups in total. The number of nitrogens with one attached hydrogen (secondary N) is 1. The molecule has 0 bridgehead atoms. The lowest BCUT2D eigenvalue weighted by molar-refractivity contribution is -0.123. The molecule has 0 unspecified atom stereocenters. The van der Waals surface area contributed by atoms with Crippen LogP contribution in [0.5, 0.6) is 0 Å². The van der Waals surface area contributed by atoms with Crippen LogP contribution in [-0.4, -0.2) is 93.7 Å². The highest BCUT2D eigenvalue weighted by atomic mass is 16.5. The third-order valence-corrected chi connectivity index (χ3v) is 6.36. The predicted molar refractivity (Wildman–Crippen MR) is 114 cm³/mol. The largest absolute Gasteiger partial charge is 0.483 e. The fourth-order valence-corrected chi connectivity index (χ4v) is 4.89. The molecular weight excluding hydrogens is 416 g/mol. The SMILES string of the molecule is COCCN1C[C@@H](O)[C@@]2(C1)[C@H](CNC(=O)CCn1cnnn1)[C@H]2c1ccccc1.O=CO. The fourth-order valence-electron chi connectivity index (χ4n) is 4.89. The highest BCUT2D eigenvalue weighted by Crippen LogP contribution is 2.68. The van der Waals surface area contributed by atoms with E-state index in [1.54, 1.807) is 11.8 Å². The van der Waals surface area contributed by atoms with E-state index in [1.165, 1.54) is 11.9 Å². The Bertz CT molecular complexity index is 852. The van der Waals surface area contributed by atoms with Crippen LogP contribution in [0.4, 0.5) is 0 Å². The van der Waals surface area contributed by atoms with Crippen molar-refractivity contribution in [1.29, 1.82) is 0 Å². The first-order valence-electron chi connectivity index (χ1n) is 10.6. The highest BCUT2D eigenvalue weighted by molar-refractivity contribution is 5.75. The molecule has 11 nitrogen and oxygen atoms in total. The van der Waals surface area contributed by atoms with Crippen molar-refractivity contribution < 1.29 is 24.5 Å². The van der Waals surface area contributed by atoms with Gasteiger partial charge in [-0.1, -0.05) is 30.3 Å². The number of aliphatic hydroxyl groups is 1. The maximum absolute atomic E-state index is 12.3. The molecule has 2 aromatic rings. The second kappa shape index (κ2) is 11.1. The van der Waals surface area contributed by atoms with Crippen LogP contribution in [0.1, 0.15) is 17.9 Å². The molecule has 2 fully saturated rings. The maximum Gasteiger partial charge on any atom is 0.290 e. The molecule has 1 aromatic heterocycles. The summed E-state index contributed by atoms with van der Waals surface area (Å²) >= 11 is 0. The first-order chi connectivity index (χ1) is 15.6. The smallest absolute Gasteiger partial charge is 0.290 e. The number of aryl methyl sites for hydroxylation is 1. The molecular formula is C21H30N6O5. The van der Waals surface area contributed by atoms with Gasteiger partial charge in [0.05, 0.1) is 19.3 Å². The quantitative estimate of drug-likeness (QED) is 0.439. The number of ether oxygens (including phenoxy) is 1. The van der Waals surface area contributed by atoms with Crippen LogP contribution < -0.4 is 5.32 Å². The van der Waals surface area contributed by atoms with Crippen LogP contribution in [0.25, 0.3) is 0 Å². The summed E-state index contributed by atoms with van der Waals surface area (Å²) in [6, 6.07) is 10.3. The van der Waals surface area contributed by atoms with Crippen molar-refractivity contribution in [3.63, 3.8) is 0 Å². The van der Waals surface area contributed by atoms with E-state index in [-0.39, 0.29) is 29.6 Å². The third-order valence-electron chi connectivity index (χ3n) is 6.36. The van der Waals surface area contributed by atoms with E-state index >= 15 is 0 Å². The summed E-state index contributed by atoms with van der Waals surface area (Å²) in [7, 11) is 1.69. The second-order valence-electron chi connectivity index (χ2n) is 8.08. The van der Waals surface area contributed by atoms with Crippen molar-refractivity contribution in [1.82, 2.24) is 30.4 Å². The van der Waals surface area contributed by atoms with Gasteiger partial charge in [-0.3, -0.25) is 14.5 Å². The molecule has 1 saturated heterocycles. The topological polar surface area (TPSA) is 143 Å². The first kappa shape index (κ1) is 23.8. The summed E-state index contributed by atoms with van der Waals surface area (Å²) in [6.07, 6.45) is 1.41. The number of methoxy groups -OCH3 is 1. The number of aliphatic hydroxyl groups excluding tert-OH is 1. The van der Waals surface area contributed by atoms with Crippen molar-refractivity contribution in [3.05, 3.63) is 42.2 Å². The average Bonchev–Trinajstić information content (AvgIpc) is 3.08. The van der Waals surface area contributed by atoms with Crippen molar-refractivity contribution >= 4 is 12.4 Å². The van der Waals surface area contributed by atoms with E-state index in [1.807, 2.05) is 18.2 Å². The Morgan fingerprint density at radius 3 is 2.75 bits per heavy atom. The van der Waals surface area contributed by atoms with Gasteiger partial charge < -0.3 is 20.3 Å². The van der Waals surface area contributed by atoms with Gasteiger partial charge in [0.15, 0.2) is 0 Å². The molecule has 11 heteroatoms. The molecule has 2 aliphatic rings. The number of nitrogens with zero attached hydrogens (tertiary/aromatic N) is 5. The maximum atomic E-state index is 12.3. The van der Waals surface area contributed by atoms with Gasteiger partial charge in [-0.05, 0) is 27.8 Å². The van der Waals surface area contributed by atoms with E-state index in [2.05, 4.69) is 37.9 Å². The minimum atomic E-state index is -0.410.